The first-order chi connectivity index (χ1) is 8.00. The highest BCUT2D eigenvalue weighted by Gasteiger charge is 2.33. The largest absolute Gasteiger partial charge is 0.481 e. The highest BCUT2D eigenvalue weighted by atomic mass is 32.2. The summed E-state index contributed by atoms with van der Waals surface area (Å²) < 4.78 is 23.7. The van der Waals surface area contributed by atoms with Crippen molar-refractivity contribution in [3.05, 3.63) is 29.8 Å². The zero-order valence-electron chi connectivity index (χ0n) is 9.30. The van der Waals surface area contributed by atoms with Gasteiger partial charge in [-0.15, -0.1) is 0 Å². The van der Waals surface area contributed by atoms with Crippen LogP contribution in [0.15, 0.2) is 29.2 Å². The fourth-order valence-corrected chi connectivity index (χ4v) is 4.22. The molecule has 0 fully saturated rings. The van der Waals surface area contributed by atoms with Gasteiger partial charge in [-0.2, -0.15) is 0 Å². The van der Waals surface area contributed by atoms with Crippen LogP contribution in [-0.4, -0.2) is 25.2 Å². The minimum Gasteiger partial charge on any atom is -0.481 e. The number of carboxylic acids is 1. The molecule has 1 N–H and O–H groups in total. The molecular formula is C12H14O4S. The quantitative estimate of drug-likeness (QED) is 0.889. The number of hydrogen-bond acceptors (Lipinski definition) is 3. The molecule has 0 amide bonds. The molecule has 92 valence electrons. The third-order valence-corrected chi connectivity index (χ3v) is 4.94. The number of hydrogen-bond donors (Lipinski definition) is 1. The second kappa shape index (κ2) is 4.49. The first kappa shape index (κ1) is 12.1. The van der Waals surface area contributed by atoms with E-state index in [0.29, 0.717) is 17.7 Å². The van der Waals surface area contributed by atoms with Gasteiger partial charge >= 0.3 is 5.97 Å². The zero-order valence-corrected chi connectivity index (χ0v) is 10.1. The van der Waals surface area contributed by atoms with Crippen molar-refractivity contribution in [1.29, 1.82) is 0 Å². The van der Waals surface area contributed by atoms with Crippen LogP contribution in [0.3, 0.4) is 0 Å². The van der Waals surface area contributed by atoms with Gasteiger partial charge in [0.1, 0.15) is 0 Å². The summed E-state index contributed by atoms with van der Waals surface area (Å²) in [5, 5.41) is 8.57. The van der Waals surface area contributed by atoms with Crippen LogP contribution in [0, 0.1) is 0 Å². The Morgan fingerprint density at radius 2 is 2.06 bits per heavy atom. The van der Waals surface area contributed by atoms with Crippen molar-refractivity contribution >= 4 is 15.8 Å². The van der Waals surface area contributed by atoms with E-state index >= 15 is 0 Å². The molecule has 1 aliphatic heterocycles. The summed E-state index contributed by atoms with van der Waals surface area (Å²) >= 11 is 0. The van der Waals surface area contributed by atoms with Gasteiger partial charge in [0, 0.05) is 6.42 Å². The molecule has 1 atom stereocenters. The van der Waals surface area contributed by atoms with Crippen molar-refractivity contribution in [2.75, 3.05) is 5.75 Å². The maximum atomic E-state index is 11.8. The predicted octanol–water partition coefficient (Wildman–Crippen LogP) is 1.81. The second-order valence-corrected chi connectivity index (χ2v) is 6.30. The van der Waals surface area contributed by atoms with Crippen LogP contribution >= 0.6 is 0 Å². The highest BCUT2D eigenvalue weighted by molar-refractivity contribution is 7.91. The summed E-state index contributed by atoms with van der Waals surface area (Å²) in [4.78, 5) is 10.8. The van der Waals surface area contributed by atoms with Crippen molar-refractivity contribution in [1.82, 2.24) is 0 Å². The van der Waals surface area contributed by atoms with E-state index in [1.807, 2.05) is 12.1 Å². The molecule has 5 heteroatoms. The molecular weight excluding hydrogens is 240 g/mol. The molecule has 1 aliphatic rings. The first-order valence-corrected chi connectivity index (χ1v) is 7.19. The number of fused-ring (bicyclic) bond motifs is 1. The molecule has 1 aromatic rings. The fraction of sp³-hybridized carbons (Fsp3) is 0.417. The molecule has 0 aliphatic carbocycles. The van der Waals surface area contributed by atoms with Gasteiger partial charge in [-0.3, -0.25) is 4.79 Å². The summed E-state index contributed by atoms with van der Waals surface area (Å²) in [6, 6.07) is 6.99. The second-order valence-electron chi connectivity index (χ2n) is 4.30. The SMILES string of the molecule is O=C(O)CCCC1CS(=O)(=O)c2ccccc21. The van der Waals surface area contributed by atoms with Crippen LogP contribution in [0.5, 0.6) is 0 Å². The average molecular weight is 254 g/mol. The number of aliphatic carboxylic acids is 1. The summed E-state index contributed by atoms with van der Waals surface area (Å²) in [7, 11) is -3.15. The third kappa shape index (κ3) is 2.49. The molecule has 4 nitrogen and oxygen atoms in total. The van der Waals surface area contributed by atoms with Gasteiger partial charge in [0.2, 0.25) is 0 Å². The summed E-state index contributed by atoms with van der Waals surface area (Å²) in [5.74, 6) is -0.763. The standard InChI is InChI=1S/C12H14O4S/c13-12(14)7-3-4-9-8-17(15,16)11-6-2-1-5-10(9)11/h1-2,5-6,9H,3-4,7-8H2,(H,13,14). The lowest BCUT2D eigenvalue weighted by Gasteiger charge is -2.08. The number of carboxylic acid groups (broad SMARTS) is 1. The number of sulfone groups is 1. The van der Waals surface area contributed by atoms with E-state index in [1.165, 1.54) is 0 Å². The molecule has 1 aromatic carbocycles. The number of rotatable bonds is 4. The van der Waals surface area contributed by atoms with Gasteiger partial charge in [0.25, 0.3) is 0 Å². The van der Waals surface area contributed by atoms with E-state index in [1.54, 1.807) is 12.1 Å². The van der Waals surface area contributed by atoms with Gasteiger partial charge in [-0.1, -0.05) is 18.2 Å². The van der Waals surface area contributed by atoms with Crippen LogP contribution in [-0.2, 0) is 14.6 Å². The maximum absolute atomic E-state index is 11.8. The van der Waals surface area contributed by atoms with E-state index in [9.17, 15) is 13.2 Å². The molecule has 0 saturated heterocycles. The minimum atomic E-state index is -3.15. The number of benzene rings is 1. The highest BCUT2D eigenvalue weighted by Crippen LogP contribution is 2.37. The van der Waals surface area contributed by atoms with Gasteiger partial charge in [-0.25, -0.2) is 8.42 Å². The minimum absolute atomic E-state index is 0.0458. The summed E-state index contributed by atoms with van der Waals surface area (Å²) in [6.07, 6.45) is 1.23. The lowest BCUT2D eigenvalue weighted by molar-refractivity contribution is -0.137. The van der Waals surface area contributed by atoms with Crippen molar-refractivity contribution in [2.45, 2.75) is 30.1 Å². The Morgan fingerprint density at radius 1 is 1.35 bits per heavy atom. The van der Waals surface area contributed by atoms with E-state index in [0.717, 1.165) is 5.56 Å². The van der Waals surface area contributed by atoms with Crippen LogP contribution < -0.4 is 0 Å². The first-order valence-electron chi connectivity index (χ1n) is 5.54. The predicted molar refractivity (Wildman–Crippen MR) is 62.7 cm³/mol. The van der Waals surface area contributed by atoms with E-state index in [4.69, 9.17) is 5.11 Å². The molecule has 0 saturated carbocycles. The molecule has 0 radical (unpaired) electrons. The Morgan fingerprint density at radius 3 is 2.76 bits per heavy atom. The maximum Gasteiger partial charge on any atom is 0.303 e. The topological polar surface area (TPSA) is 71.4 Å². The number of carbonyl (C=O) groups is 1. The smallest absolute Gasteiger partial charge is 0.303 e. The van der Waals surface area contributed by atoms with Crippen LogP contribution in [0.4, 0.5) is 0 Å². The van der Waals surface area contributed by atoms with Gasteiger partial charge < -0.3 is 5.11 Å². The Kier molecular flexibility index (Phi) is 3.19. The van der Waals surface area contributed by atoms with Gasteiger partial charge in [0.15, 0.2) is 9.84 Å². The van der Waals surface area contributed by atoms with Gasteiger partial charge in [-0.05, 0) is 30.4 Å². The average Bonchev–Trinajstić information content (AvgIpc) is 2.51. The fourth-order valence-electron chi connectivity index (χ4n) is 2.28. The Balaban J connectivity index is 2.15. The molecule has 1 unspecified atom stereocenters. The molecule has 17 heavy (non-hydrogen) atoms. The van der Waals surface area contributed by atoms with Crippen molar-refractivity contribution in [3.63, 3.8) is 0 Å². The van der Waals surface area contributed by atoms with Crippen LogP contribution in [0.1, 0.15) is 30.7 Å². The van der Waals surface area contributed by atoms with E-state index in [-0.39, 0.29) is 18.1 Å². The molecule has 2 rings (SSSR count). The lowest BCUT2D eigenvalue weighted by atomic mass is 9.96. The zero-order chi connectivity index (χ0) is 12.5. The monoisotopic (exact) mass is 254 g/mol. The third-order valence-electron chi connectivity index (χ3n) is 3.06. The van der Waals surface area contributed by atoms with E-state index < -0.39 is 15.8 Å². The van der Waals surface area contributed by atoms with Crippen molar-refractivity contribution in [3.8, 4) is 0 Å². The van der Waals surface area contributed by atoms with Crippen LogP contribution in [0.2, 0.25) is 0 Å². The Labute approximate surface area is 100 Å². The normalized spacial score (nSPS) is 21.1. The van der Waals surface area contributed by atoms with Crippen molar-refractivity contribution < 1.29 is 18.3 Å². The van der Waals surface area contributed by atoms with E-state index in [2.05, 4.69) is 0 Å². The molecule has 1 heterocycles. The lowest BCUT2D eigenvalue weighted by Crippen LogP contribution is -2.04. The van der Waals surface area contributed by atoms with Gasteiger partial charge in [0.05, 0.1) is 10.6 Å². The Hall–Kier alpha value is -1.36. The summed E-state index contributed by atoms with van der Waals surface area (Å²) in [5.41, 5.74) is 0.845. The molecule has 0 aromatic heterocycles. The molecule has 0 spiro atoms. The molecule has 0 bridgehead atoms. The van der Waals surface area contributed by atoms with Crippen LogP contribution in [0.25, 0.3) is 0 Å². The van der Waals surface area contributed by atoms with Crippen molar-refractivity contribution in [2.24, 2.45) is 0 Å². The summed E-state index contributed by atoms with van der Waals surface area (Å²) in [6.45, 7) is 0. The Bertz CT molecular complexity index is 533.